The summed E-state index contributed by atoms with van der Waals surface area (Å²) in [5, 5.41) is 0. The first kappa shape index (κ1) is 14.7. The molecule has 0 aliphatic heterocycles. The van der Waals surface area contributed by atoms with Crippen molar-refractivity contribution in [2.45, 2.75) is 13.8 Å². The summed E-state index contributed by atoms with van der Waals surface area (Å²) in [5.74, 6) is 0.541. The first-order valence-electron chi connectivity index (χ1n) is 5.02. The van der Waals surface area contributed by atoms with Gasteiger partial charge in [-0.3, -0.25) is 4.72 Å². The third kappa shape index (κ3) is 4.81. The predicted octanol–water partition coefficient (Wildman–Crippen LogP) is 2.77. The van der Waals surface area contributed by atoms with Crippen LogP contribution in [-0.2, 0) is 10.0 Å². The Morgan fingerprint density at radius 2 is 2.24 bits per heavy atom. The molecular formula is C10H14BrClN2O2S. The molecule has 0 saturated heterocycles. The van der Waals surface area contributed by atoms with Crippen molar-refractivity contribution in [1.29, 1.82) is 0 Å². The molecule has 1 heterocycles. The summed E-state index contributed by atoms with van der Waals surface area (Å²) in [4.78, 5) is 3.99. The first-order chi connectivity index (χ1) is 7.84. The SMILES string of the molecule is Cc1cc(NS(=O)(=O)CC(C)CCl)ncc1Br. The zero-order valence-electron chi connectivity index (χ0n) is 9.57. The van der Waals surface area contributed by atoms with Gasteiger partial charge in [0.25, 0.3) is 0 Å². The number of hydrogen-bond donors (Lipinski definition) is 1. The molecule has 0 aromatic carbocycles. The zero-order valence-corrected chi connectivity index (χ0v) is 12.7. The second kappa shape index (κ2) is 6.02. The average molecular weight is 342 g/mol. The summed E-state index contributed by atoms with van der Waals surface area (Å²) in [7, 11) is -3.39. The molecule has 1 aromatic rings. The summed E-state index contributed by atoms with van der Waals surface area (Å²) in [6, 6.07) is 1.67. The van der Waals surface area contributed by atoms with Crippen LogP contribution in [0, 0.1) is 12.8 Å². The van der Waals surface area contributed by atoms with Crippen LogP contribution in [0.3, 0.4) is 0 Å². The molecule has 0 bridgehead atoms. The Kier molecular flexibility index (Phi) is 5.22. The number of halogens is 2. The lowest BCUT2D eigenvalue weighted by atomic mass is 10.3. The second-order valence-corrected chi connectivity index (χ2v) is 6.89. The van der Waals surface area contributed by atoms with Crippen LogP contribution in [0.25, 0.3) is 0 Å². The third-order valence-electron chi connectivity index (χ3n) is 2.07. The van der Waals surface area contributed by atoms with E-state index in [9.17, 15) is 8.42 Å². The molecule has 1 atom stereocenters. The number of rotatable bonds is 5. The maximum atomic E-state index is 11.7. The molecule has 0 aliphatic rings. The van der Waals surface area contributed by atoms with Crippen LogP contribution in [0.2, 0.25) is 0 Å². The fraction of sp³-hybridized carbons (Fsp3) is 0.500. The molecule has 0 spiro atoms. The van der Waals surface area contributed by atoms with Gasteiger partial charge in [0, 0.05) is 16.5 Å². The Morgan fingerprint density at radius 3 is 2.76 bits per heavy atom. The maximum Gasteiger partial charge on any atom is 0.234 e. The maximum absolute atomic E-state index is 11.7. The van der Waals surface area contributed by atoms with Crippen molar-refractivity contribution in [3.05, 3.63) is 22.3 Å². The average Bonchev–Trinajstić information content (AvgIpc) is 2.22. The molecule has 1 unspecified atom stereocenters. The van der Waals surface area contributed by atoms with Gasteiger partial charge in [-0.05, 0) is 40.4 Å². The van der Waals surface area contributed by atoms with Gasteiger partial charge in [-0.2, -0.15) is 0 Å². The number of alkyl halides is 1. The molecule has 0 fully saturated rings. The van der Waals surface area contributed by atoms with Crippen LogP contribution < -0.4 is 4.72 Å². The van der Waals surface area contributed by atoms with E-state index in [2.05, 4.69) is 25.6 Å². The van der Waals surface area contributed by atoms with Crippen LogP contribution >= 0.6 is 27.5 Å². The smallest absolute Gasteiger partial charge is 0.234 e. The molecule has 0 amide bonds. The Labute approximate surface area is 115 Å². The topological polar surface area (TPSA) is 59.1 Å². The third-order valence-corrected chi connectivity index (χ3v) is 4.96. The van der Waals surface area contributed by atoms with Crippen molar-refractivity contribution < 1.29 is 8.42 Å². The molecule has 0 radical (unpaired) electrons. The molecule has 96 valence electrons. The van der Waals surface area contributed by atoms with Crippen molar-refractivity contribution in [1.82, 2.24) is 4.98 Å². The van der Waals surface area contributed by atoms with E-state index in [1.807, 2.05) is 6.92 Å². The Bertz CT molecular complexity index is 493. The van der Waals surface area contributed by atoms with E-state index in [4.69, 9.17) is 11.6 Å². The molecule has 17 heavy (non-hydrogen) atoms. The standard InChI is InChI=1S/C10H14BrClN2O2S/c1-7(4-12)6-17(15,16)14-10-3-8(2)9(11)5-13-10/h3,5,7H,4,6H2,1-2H3,(H,13,14). The summed E-state index contributed by atoms with van der Waals surface area (Å²) in [6.07, 6.45) is 1.57. The van der Waals surface area contributed by atoms with E-state index in [-0.39, 0.29) is 11.7 Å². The highest BCUT2D eigenvalue weighted by atomic mass is 79.9. The second-order valence-electron chi connectivity index (χ2n) is 3.96. The van der Waals surface area contributed by atoms with Crippen LogP contribution in [0.1, 0.15) is 12.5 Å². The predicted molar refractivity (Wildman–Crippen MR) is 74.0 cm³/mol. The summed E-state index contributed by atoms with van der Waals surface area (Å²) in [6.45, 7) is 3.65. The fourth-order valence-electron chi connectivity index (χ4n) is 1.22. The molecular weight excluding hydrogens is 328 g/mol. The lowest BCUT2D eigenvalue weighted by Crippen LogP contribution is -2.22. The van der Waals surface area contributed by atoms with Crippen LogP contribution in [0.15, 0.2) is 16.7 Å². The van der Waals surface area contributed by atoms with Gasteiger partial charge in [0.15, 0.2) is 0 Å². The van der Waals surface area contributed by atoms with Crippen molar-refractivity contribution in [3.8, 4) is 0 Å². The quantitative estimate of drug-likeness (QED) is 0.838. The Hall–Kier alpha value is -0.330. The zero-order chi connectivity index (χ0) is 13.1. The van der Waals surface area contributed by atoms with E-state index in [0.29, 0.717) is 11.7 Å². The molecule has 1 rings (SSSR count). The number of nitrogens with zero attached hydrogens (tertiary/aromatic N) is 1. The van der Waals surface area contributed by atoms with Gasteiger partial charge < -0.3 is 0 Å². The summed E-state index contributed by atoms with van der Waals surface area (Å²) >= 11 is 8.90. The lowest BCUT2D eigenvalue weighted by Gasteiger charge is -2.11. The minimum absolute atomic E-state index is 0.00666. The lowest BCUT2D eigenvalue weighted by molar-refractivity contribution is 0.588. The Balaban J connectivity index is 2.80. The number of hydrogen-bond acceptors (Lipinski definition) is 3. The molecule has 0 saturated carbocycles. The molecule has 0 aliphatic carbocycles. The van der Waals surface area contributed by atoms with Gasteiger partial charge in [-0.1, -0.05) is 6.92 Å². The van der Waals surface area contributed by atoms with Crippen molar-refractivity contribution >= 4 is 43.4 Å². The number of anilines is 1. The van der Waals surface area contributed by atoms with E-state index in [1.54, 1.807) is 19.2 Å². The van der Waals surface area contributed by atoms with E-state index in [1.165, 1.54) is 0 Å². The highest BCUT2D eigenvalue weighted by molar-refractivity contribution is 9.10. The van der Waals surface area contributed by atoms with Gasteiger partial charge in [0.1, 0.15) is 5.82 Å². The highest BCUT2D eigenvalue weighted by Gasteiger charge is 2.15. The largest absolute Gasteiger partial charge is 0.267 e. The van der Waals surface area contributed by atoms with Crippen LogP contribution in [0.5, 0.6) is 0 Å². The number of pyridine rings is 1. The monoisotopic (exact) mass is 340 g/mol. The van der Waals surface area contributed by atoms with E-state index >= 15 is 0 Å². The Morgan fingerprint density at radius 1 is 1.59 bits per heavy atom. The molecule has 4 nitrogen and oxygen atoms in total. The highest BCUT2D eigenvalue weighted by Crippen LogP contribution is 2.18. The van der Waals surface area contributed by atoms with Gasteiger partial charge in [0.05, 0.1) is 5.75 Å². The summed E-state index contributed by atoms with van der Waals surface area (Å²) < 4.78 is 26.8. The van der Waals surface area contributed by atoms with Crippen molar-refractivity contribution in [2.75, 3.05) is 16.4 Å². The van der Waals surface area contributed by atoms with Gasteiger partial charge in [0.2, 0.25) is 10.0 Å². The molecule has 1 aromatic heterocycles. The molecule has 7 heteroatoms. The van der Waals surface area contributed by atoms with Crippen LogP contribution in [0.4, 0.5) is 5.82 Å². The van der Waals surface area contributed by atoms with Crippen LogP contribution in [-0.4, -0.2) is 25.0 Å². The van der Waals surface area contributed by atoms with Gasteiger partial charge in [-0.15, -0.1) is 11.6 Å². The number of sulfonamides is 1. The summed E-state index contributed by atoms with van der Waals surface area (Å²) in [5.41, 5.74) is 0.920. The fourth-order valence-corrected chi connectivity index (χ4v) is 3.05. The number of aromatic nitrogens is 1. The van der Waals surface area contributed by atoms with E-state index in [0.717, 1.165) is 10.0 Å². The molecule has 1 N–H and O–H groups in total. The van der Waals surface area contributed by atoms with Gasteiger partial charge >= 0.3 is 0 Å². The first-order valence-corrected chi connectivity index (χ1v) is 8.00. The number of nitrogens with one attached hydrogen (secondary N) is 1. The van der Waals surface area contributed by atoms with E-state index < -0.39 is 10.0 Å². The minimum Gasteiger partial charge on any atom is -0.267 e. The minimum atomic E-state index is -3.39. The van der Waals surface area contributed by atoms with Crippen molar-refractivity contribution in [2.24, 2.45) is 5.92 Å². The van der Waals surface area contributed by atoms with Gasteiger partial charge in [-0.25, -0.2) is 13.4 Å². The van der Waals surface area contributed by atoms with Crippen molar-refractivity contribution in [3.63, 3.8) is 0 Å². The number of aryl methyl sites for hydroxylation is 1. The normalized spacial score (nSPS) is 13.4.